The van der Waals surface area contributed by atoms with Gasteiger partial charge in [-0.1, -0.05) is 43.7 Å². The normalized spacial score (nSPS) is 11.6. The molecule has 1 amide bonds. The fraction of sp³-hybridized carbons (Fsp3) is 0.286. The average Bonchev–Trinajstić information content (AvgIpc) is 3.19. The van der Waals surface area contributed by atoms with Crippen molar-refractivity contribution in [2.75, 3.05) is 18.4 Å². The highest BCUT2D eigenvalue weighted by Gasteiger charge is 2.22. The van der Waals surface area contributed by atoms with E-state index in [0.717, 1.165) is 27.5 Å². The number of thiazole rings is 1. The van der Waals surface area contributed by atoms with Crippen molar-refractivity contribution in [2.24, 2.45) is 0 Å². The second-order valence-corrected chi connectivity index (χ2v) is 9.67. The molecular weight excluding hydrogens is 436 g/mol. The molecule has 0 aliphatic carbocycles. The van der Waals surface area contributed by atoms with Crippen LogP contribution in [0.5, 0.6) is 0 Å². The van der Waals surface area contributed by atoms with Crippen LogP contribution in [0.15, 0.2) is 57.7 Å². The molecule has 1 N–H and O–H groups in total. The maximum atomic E-state index is 12.7. The summed E-state index contributed by atoms with van der Waals surface area (Å²) in [5, 5.41) is 4.91. The van der Waals surface area contributed by atoms with E-state index in [4.69, 9.17) is 0 Å². The summed E-state index contributed by atoms with van der Waals surface area (Å²) in [5.74, 6) is -0.468. The second-order valence-electron chi connectivity index (χ2n) is 6.87. The molecule has 8 nitrogen and oxygen atoms in total. The Hall–Kier alpha value is -2.82. The highest BCUT2D eigenvalue weighted by molar-refractivity contribution is 7.89. The van der Waals surface area contributed by atoms with Gasteiger partial charge in [-0.25, -0.2) is 13.4 Å². The van der Waals surface area contributed by atoms with E-state index in [1.807, 2.05) is 36.6 Å². The zero-order valence-electron chi connectivity index (χ0n) is 17.5. The van der Waals surface area contributed by atoms with E-state index >= 15 is 0 Å². The first-order valence-corrected chi connectivity index (χ1v) is 12.1. The van der Waals surface area contributed by atoms with Gasteiger partial charge in [0.15, 0.2) is 5.13 Å². The Bertz CT molecular complexity index is 1230. The summed E-state index contributed by atoms with van der Waals surface area (Å²) in [4.78, 5) is 29.0. The number of pyridine rings is 1. The second kappa shape index (κ2) is 9.54. The van der Waals surface area contributed by atoms with E-state index < -0.39 is 21.5 Å². The highest BCUT2D eigenvalue weighted by atomic mass is 32.2. The van der Waals surface area contributed by atoms with Gasteiger partial charge in [0.25, 0.3) is 5.56 Å². The number of anilines is 1. The van der Waals surface area contributed by atoms with Gasteiger partial charge < -0.3 is 9.88 Å². The Labute approximate surface area is 185 Å². The zero-order chi connectivity index (χ0) is 22.6. The van der Waals surface area contributed by atoms with E-state index in [1.54, 1.807) is 13.8 Å². The summed E-state index contributed by atoms with van der Waals surface area (Å²) < 4.78 is 27.8. The van der Waals surface area contributed by atoms with E-state index in [-0.39, 0.29) is 11.4 Å². The Balaban J connectivity index is 1.75. The summed E-state index contributed by atoms with van der Waals surface area (Å²) in [5.41, 5.74) is 2.36. The molecule has 31 heavy (non-hydrogen) atoms. The largest absolute Gasteiger partial charge is 0.305 e. The lowest BCUT2D eigenvalue weighted by molar-refractivity contribution is -0.116. The third-order valence-corrected chi connectivity index (χ3v) is 7.50. The van der Waals surface area contributed by atoms with Crippen molar-refractivity contribution in [1.29, 1.82) is 0 Å². The first-order valence-electron chi connectivity index (χ1n) is 9.77. The number of benzene rings is 1. The SMILES string of the molecule is CCN(CC)S(=O)(=O)c1ccc(=O)n(CC(=O)Nc2nc(-c3ccc(C)cc3)cs2)c1. The molecule has 3 rings (SSSR count). The van der Waals surface area contributed by atoms with Gasteiger partial charge in [0.2, 0.25) is 15.9 Å². The van der Waals surface area contributed by atoms with Gasteiger partial charge in [0, 0.05) is 36.3 Å². The van der Waals surface area contributed by atoms with E-state index in [9.17, 15) is 18.0 Å². The van der Waals surface area contributed by atoms with Crippen molar-refractivity contribution in [3.05, 3.63) is 63.9 Å². The van der Waals surface area contributed by atoms with Gasteiger partial charge in [0.05, 0.1) is 10.6 Å². The van der Waals surface area contributed by atoms with Gasteiger partial charge in [-0.05, 0) is 13.0 Å². The number of sulfonamides is 1. The Morgan fingerprint density at radius 2 is 1.81 bits per heavy atom. The van der Waals surface area contributed by atoms with Crippen LogP contribution in [0.4, 0.5) is 5.13 Å². The summed E-state index contributed by atoms with van der Waals surface area (Å²) in [6.07, 6.45) is 1.20. The third kappa shape index (κ3) is 5.27. The number of hydrogen-bond acceptors (Lipinski definition) is 6. The van der Waals surface area contributed by atoms with E-state index in [2.05, 4.69) is 10.3 Å². The number of carbonyl (C=O) groups is 1. The van der Waals surface area contributed by atoms with Crippen LogP contribution in [0, 0.1) is 6.92 Å². The number of rotatable bonds is 8. The van der Waals surface area contributed by atoms with Crippen LogP contribution in [0.2, 0.25) is 0 Å². The highest BCUT2D eigenvalue weighted by Crippen LogP contribution is 2.25. The molecule has 2 aromatic heterocycles. The molecule has 2 heterocycles. The number of amides is 1. The maximum absolute atomic E-state index is 12.7. The molecule has 3 aromatic rings. The predicted molar refractivity (Wildman–Crippen MR) is 122 cm³/mol. The Kier molecular flexibility index (Phi) is 7.04. The third-order valence-electron chi connectivity index (χ3n) is 4.71. The monoisotopic (exact) mass is 460 g/mol. The number of hydrogen-bond donors (Lipinski definition) is 1. The molecule has 0 radical (unpaired) electrons. The molecule has 0 bridgehead atoms. The number of aryl methyl sites for hydroxylation is 1. The molecule has 0 saturated carbocycles. The van der Waals surface area contributed by atoms with Crippen molar-refractivity contribution in [3.8, 4) is 11.3 Å². The Morgan fingerprint density at radius 3 is 2.45 bits per heavy atom. The average molecular weight is 461 g/mol. The first kappa shape index (κ1) is 22.9. The maximum Gasteiger partial charge on any atom is 0.251 e. The van der Waals surface area contributed by atoms with Crippen LogP contribution in [-0.4, -0.2) is 41.3 Å². The Morgan fingerprint density at radius 1 is 1.13 bits per heavy atom. The minimum Gasteiger partial charge on any atom is -0.305 e. The van der Waals surface area contributed by atoms with Crippen molar-refractivity contribution < 1.29 is 13.2 Å². The minimum atomic E-state index is -3.73. The van der Waals surface area contributed by atoms with Crippen molar-refractivity contribution in [3.63, 3.8) is 0 Å². The van der Waals surface area contributed by atoms with Crippen LogP contribution >= 0.6 is 11.3 Å². The molecule has 0 saturated heterocycles. The molecular formula is C21H24N4O4S2. The fourth-order valence-corrected chi connectivity index (χ4v) is 5.21. The van der Waals surface area contributed by atoms with E-state index in [1.165, 1.54) is 27.9 Å². The lowest BCUT2D eigenvalue weighted by atomic mass is 10.1. The first-order chi connectivity index (χ1) is 14.7. The summed E-state index contributed by atoms with van der Waals surface area (Å²) in [7, 11) is -3.73. The summed E-state index contributed by atoms with van der Waals surface area (Å²) >= 11 is 1.28. The van der Waals surface area contributed by atoms with Gasteiger partial charge in [0.1, 0.15) is 6.54 Å². The molecule has 0 atom stereocenters. The van der Waals surface area contributed by atoms with Gasteiger partial charge in [-0.2, -0.15) is 4.31 Å². The molecule has 0 spiro atoms. The van der Waals surface area contributed by atoms with Crippen molar-refractivity contribution in [2.45, 2.75) is 32.2 Å². The summed E-state index contributed by atoms with van der Waals surface area (Å²) in [6, 6.07) is 10.3. The number of aromatic nitrogens is 2. The van der Waals surface area contributed by atoms with Crippen LogP contribution in [-0.2, 0) is 21.4 Å². The summed E-state index contributed by atoms with van der Waals surface area (Å²) in [6.45, 7) is 5.78. The topological polar surface area (TPSA) is 101 Å². The molecule has 0 aliphatic rings. The van der Waals surface area contributed by atoms with Gasteiger partial charge >= 0.3 is 0 Å². The molecule has 0 aliphatic heterocycles. The van der Waals surface area contributed by atoms with Crippen molar-refractivity contribution >= 4 is 32.4 Å². The molecule has 0 unspecified atom stereocenters. The number of nitrogens with zero attached hydrogens (tertiary/aromatic N) is 3. The minimum absolute atomic E-state index is 0.0282. The number of carbonyl (C=O) groups excluding carboxylic acids is 1. The molecule has 1 aromatic carbocycles. The molecule has 164 valence electrons. The molecule has 0 fully saturated rings. The lowest BCUT2D eigenvalue weighted by Crippen LogP contribution is -2.33. The lowest BCUT2D eigenvalue weighted by Gasteiger charge is -2.18. The van der Waals surface area contributed by atoms with Crippen molar-refractivity contribution in [1.82, 2.24) is 13.9 Å². The van der Waals surface area contributed by atoms with Crippen LogP contribution in [0.1, 0.15) is 19.4 Å². The smallest absolute Gasteiger partial charge is 0.251 e. The van der Waals surface area contributed by atoms with Crippen LogP contribution in [0.3, 0.4) is 0 Å². The molecule has 10 heteroatoms. The number of nitrogens with one attached hydrogen (secondary N) is 1. The van der Waals surface area contributed by atoms with Crippen LogP contribution in [0.25, 0.3) is 11.3 Å². The van der Waals surface area contributed by atoms with Gasteiger partial charge in [-0.15, -0.1) is 11.3 Å². The van der Waals surface area contributed by atoms with Crippen LogP contribution < -0.4 is 10.9 Å². The predicted octanol–water partition coefficient (Wildman–Crippen LogP) is 2.95. The zero-order valence-corrected chi connectivity index (χ0v) is 19.2. The quantitative estimate of drug-likeness (QED) is 0.557. The van der Waals surface area contributed by atoms with E-state index in [0.29, 0.717) is 18.2 Å². The standard InChI is InChI=1S/C21H24N4O4S2/c1-4-25(5-2)31(28,29)17-10-11-20(27)24(12-17)13-19(26)23-21-22-18(14-30-21)16-8-6-15(3)7-9-16/h6-12,14H,4-5,13H2,1-3H3,(H,22,23,26). The van der Waals surface area contributed by atoms with Gasteiger partial charge in [-0.3, -0.25) is 9.59 Å². The fourth-order valence-electron chi connectivity index (χ4n) is 3.00.